The molecule has 0 amide bonds. The maximum Gasteiger partial charge on any atom is 0.134 e. The molecule has 2 radical (unpaired) electrons. The molecule has 0 unspecified atom stereocenters. The van der Waals surface area contributed by atoms with Gasteiger partial charge in [0.1, 0.15) is 12.1 Å². The van der Waals surface area contributed by atoms with Crippen LogP contribution in [0.25, 0.3) is 22.4 Å². The Bertz CT molecular complexity index is 1190. The Morgan fingerprint density at radius 2 is 1.49 bits per heavy atom. The van der Waals surface area contributed by atoms with Crippen LogP contribution >= 0.6 is 0 Å². The standard InChI is InChI=1S/C29H32BN5/c1-3-34(21-30)17-18-35(4-2)27-15-13-26(14-16-27)33-29-20-28(31-22-32-29)25-12-8-11-24(19-25)23-9-6-5-7-10-23/h5-16,19-20,22H,3-4,17-18,21H2,1-2H3,(H,31,32,33). The summed E-state index contributed by atoms with van der Waals surface area (Å²) in [5.41, 5.74) is 6.49. The number of benzene rings is 3. The normalized spacial score (nSPS) is 10.9. The largest absolute Gasteiger partial charge is 0.371 e. The van der Waals surface area contributed by atoms with Gasteiger partial charge in [0.05, 0.1) is 13.5 Å². The van der Waals surface area contributed by atoms with Crippen molar-refractivity contribution in [1.29, 1.82) is 0 Å². The van der Waals surface area contributed by atoms with Crippen LogP contribution in [0.4, 0.5) is 17.2 Å². The molecule has 176 valence electrons. The molecule has 0 spiro atoms. The van der Waals surface area contributed by atoms with Crippen molar-refractivity contribution < 1.29 is 0 Å². The number of hydrogen-bond acceptors (Lipinski definition) is 5. The summed E-state index contributed by atoms with van der Waals surface area (Å²) >= 11 is 0. The number of nitrogens with zero attached hydrogens (tertiary/aromatic N) is 4. The van der Waals surface area contributed by atoms with Gasteiger partial charge in [0, 0.05) is 42.6 Å². The lowest BCUT2D eigenvalue weighted by atomic mass is 10.0. The molecular weight excluding hydrogens is 429 g/mol. The average molecular weight is 461 g/mol. The van der Waals surface area contributed by atoms with Gasteiger partial charge in [-0.1, -0.05) is 55.5 Å². The predicted octanol–water partition coefficient (Wildman–Crippen LogP) is 5.83. The maximum atomic E-state index is 5.81. The fourth-order valence-electron chi connectivity index (χ4n) is 4.09. The highest BCUT2D eigenvalue weighted by Gasteiger charge is 2.08. The molecule has 0 saturated heterocycles. The minimum atomic E-state index is 0.592. The quantitative estimate of drug-likeness (QED) is 0.285. The molecule has 0 aliphatic carbocycles. The fraction of sp³-hybridized carbons (Fsp3) is 0.241. The van der Waals surface area contributed by atoms with Gasteiger partial charge >= 0.3 is 0 Å². The molecule has 35 heavy (non-hydrogen) atoms. The minimum absolute atomic E-state index is 0.592. The number of nitrogens with one attached hydrogen (secondary N) is 1. The molecule has 0 fully saturated rings. The summed E-state index contributed by atoms with van der Waals surface area (Å²) in [5, 5.41) is 3.42. The van der Waals surface area contributed by atoms with Crippen molar-refractivity contribution in [3.63, 3.8) is 0 Å². The van der Waals surface area contributed by atoms with E-state index in [1.165, 1.54) is 16.8 Å². The summed E-state index contributed by atoms with van der Waals surface area (Å²) in [5.74, 6) is 0.766. The Kier molecular flexibility index (Phi) is 8.52. The van der Waals surface area contributed by atoms with Gasteiger partial charge in [-0.2, -0.15) is 0 Å². The Balaban J connectivity index is 1.45. The third kappa shape index (κ3) is 6.49. The van der Waals surface area contributed by atoms with Crippen molar-refractivity contribution in [3.05, 3.63) is 91.3 Å². The fourth-order valence-corrected chi connectivity index (χ4v) is 4.09. The minimum Gasteiger partial charge on any atom is -0.371 e. The molecule has 6 heteroatoms. The molecule has 0 bridgehead atoms. The first-order valence-electron chi connectivity index (χ1n) is 12.2. The molecule has 0 aliphatic rings. The van der Waals surface area contributed by atoms with Gasteiger partial charge in [0.2, 0.25) is 0 Å². The van der Waals surface area contributed by atoms with Crippen molar-refractivity contribution in [3.8, 4) is 22.4 Å². The lowest BCUT2D eigenvalue weighted by Crippen LogP contribution is -2.35. The topological polar surface area (TPSA) is 44.3 Å². The summed E-state index contributed by atoms with van der Waals surface area (Å²) in [6, 6.07) is 29.3. The molecule has 5 nitrogen and oxygen atoms in total. The average Bonchev–Trinajstić information content (AvgIpc) is 2.93. The zero-order valence-electron chi connectivity index (χ0n) is 20.6. The van der Waals surface area contributed by atoms with Crippen LogP contribution < -0.4 is 10.2 Å². The summed E-state index contributed by atoms with van der Waals surface area (Å²) in [4.78, 5) is 13.5. The Morgan fingerprint density at radius 1 is 0.743 bits per heavy atom. The molecule has 0 atom stereocenters. The Hall–Kier alpha value is -3.64. The van der Waals surface area contributed by atoms with Crippen LogP contribution in [-0.4, -0.2) is 55.3 Å². The van der Waals surface area contributed by atoms with Gasteiger partial charge in [-0.15, -0.1) is 0 Å². The third-order valence-corrected chi connectivity index (χ3v) is 6.21. The first-order valence-corrected chi connectivity index (χ1v) is 12.2. The van der Waals surface area contributed by atoms with Crippen molar-refractivity contribution in [2.75, 3.05) is 42.8 Å². The molecule has 1 heterocycles. The third-order valence-electron chi connectivity index (χ3n) is 6.21. The lowest BCUT2D eigenvalue weighted by molar-refractivity contribution is 0.341. The first kappa shape index (κ1) is 24.5. The van der Waals surface area contributed by atoms with Crippen LogP contribution in [0.15, 0.2) is 91.3 Å². The van der Waals surface area contributed by atoms with Gasteiger partial charge in [-0.25, -0.2) is 9.97 Å². The van der Waals surface area contributed by atoms with Crippen molar-refractivity contribution >= 4 is 25.0 Å². The SMILES string of the molecule is [B]CN(CC)CCN(CC)c1ccc(Nc2cc(-c3cccc(-c4ccccc4)c3)ncn2)cc1. The van der Waals surface area contributed by atoms with Crippen molar-refractivity contribution in [2.45, 2.75) is 13.8 Å². The monoisotopic (exact) mass is 461 g/mol. The maximum absolute atomic E-state index is 5.81. The van der Waals surface area contributed by atoms with E-state index in [9.17, 15) is 0 Å². The van der Waals surface area contributed by atoms with E-state index in [-0.39, 0.29) is 0 Å². The van der Waals surface area contributed by atoms with Crippen LogP contribution in [0.2, 0.25) is 0 Å². The van der Waals surface area contributed by atoms with Crippen LogP contribution in [0.1, 0.15) is 13.8 Å². The highest BCUT2D eigenvalue weighted by Crippen LogP contribution is 2.27. The molecule has 4 rings (SSSR count). The highest BCUT2D eigenvalue weighted by atomic mass is 15.2. The summed E-state index contributed by atoms with van der Waals surface area (Å²) in [6.07, 6.45) is 2.20. The highest BCUT2D eigenvalue weighted by molar-refractivity contribution is 6.08. The van der Waals surface area contributed by atoms with E-state index in [1.807, 2.05) is 12.1 Å². The zero-order chi connectivity index (χ0) is 24.5. The first-order chi connectivity index (χ1) is 17.2. The van der Waals surface area contributed by atoms with Gasteiger partial charge < -0.3 is 15.1 Å². The Morgan fingerprint density at radius 3 is 2.20 bits per heavy atom. The molecule has 4 aromatic rings. The second-order valence-corrected chi connectivity index (χ2v) is 8.38. The van der Waals surface area contributed by atoms with E-state index in [2.05, 4.69) is 112 Å². The van der Waals surface area contributed by atoms with E-state index < -0.39 is 0 Å². The van der Waals surface area contributed by atoms with E-state index in [0.29, 0.717) is 6.44 Å². The summed E-state index contributed by atoms with van der Waals surface area (Å²) in [7, 11) is 5.81. The number of hydrogen-bond donors (Lipinski definition) is 1. The second-order valence-electron chi connectivity index (χ2n) is 8.38. The van der Waals surface area contributed by atoms with Gasteiger partial charge in [0.15, 0.2) is 0 Å². The number of likely N-dealkylation sites (N-methyl/N-ethyl adjacent to an activating group) is 2. The van der Waals surface area contributed by atoms with Crippen LogP contribution in [0.5, 0.6) is 0 Å². The molecule has 1 aromatic heterocycles. The number of aromatic nitrogens is 2. The van der Waals surface area contributed by atoms with E-state index in [1.54, 1.807) is 6.33 Å². The van der Waals surface area contributed by atoms with Crippen LogP contribution in [0, 0.1) is 0 Å². The molecule has 1 N–H and O–H groups in total. The van der Waals surface area contributed by atoms with Crippen LogP contribution in [-0.2, 0) is 0 Å². The molecular formula is C29H32BN5. The molecule has 0 saturated carbocycles. The Labute approximate surface area is 210 Å². The van der Waals surface area contributed by atoms with Gasteiger partial charge in [-0.3, -0.25) is 0 Å². The van der Waals surface area contributed by atoms with Gasteiger partial charge in [-0.05, 0) is 61.4 Å². The smallest absolute Gasteiger partial charge is 0.134 e. The molecule has 0 aliphatic heterocycles. The lowest BCUT2D eigenvalue weighted by Gasteiger charge is -2.27. The van der Waals surface area contributed by atoms with E-state index in [4.69, 9.17) is 7.85 Å². The number of anilines is 3. The van der Waals surface area contributed by atoms with Crippen molar-refractivity contribution in [2.24, 2.45) is 0 Å². The van der Waals surface area contributed by atoms with Crippen molar-refractivity contribution in [1.82, 2.24) is 14.9 Å². The summed E-state index contributed by atoms with van der Waals surface area (Å²) < 4.78 is 0. The van der Waals surface area contributed by atoms with Gasteiger partial charge in [0.25, 0.3) is 0 Å². The summed E-state index contributed by atoms with van der Waals surface area (Å²) in [6.45, 7) is 8.14. The van der Waals surface area contributed by atoms with Crippen LogP contribution in [0.3, 0.4) is 0 Å². The number of rotatable bonds is 11. The second kappa shape index (κ2) is 12.2. The predicted molar refractivity (Wildman–Crippen MR) is 148 cm³/mol. The molecule has 3 aromatic carbocycles. The van der Waals surface area contributed by atoms with E-state index >= 15 is 0 Å². The zero-order valence-corrected chi connectivity index (χ0v) is 20.6. The van der Waals surface area contributed by atoms with E-state index in [0.717, 1.165) is 48.9 Å².